The van der Waals surface area contributed by atoms with Crippen molar-refractivity contribution >= 4 is 19.8 Å². The fourth-order valence-electron chi connectivity index (χ4n) is 5.29. The lowest BCUT2D eigenvalue weighted by molar-refractivity contribution is -0.161. The second-order valence-corrected chi connectivity index (χ2v) is 15.6. The summed E-state index contributed by atoms with van der Waals surface area (Å²) in [5.74, 6) is -1.15. The van der Waals surface area contributed by atoms with E-state index < -0.39 is 64.5 Å². The van der Waals surface area contributed by atoms with Gasteiger partial charge in [0.15, 0.2) is 6.10 Å². The third-order valence-electron chi connectivity index (χ3n) is 8.64. The molecule has 0 aliphatic rings. The Morgan fingerprint density at radius 1 is 0.603 bits per heavy atom. The van der Waals surface area contributed by atoms with Crippen molar-refractivity contribution in [1.82, 2.24) is 0 Å². The van der Waals surface area contributed by atoms with Crippen LogP contribution in [0.3, 0.4) is 0 Å². The summed E-state index contributed by atoms with van der Waals surface area (Å²) in [5, 5.41) is 28.6. The summed E-state index contributed by atoms with van der Waals surface area (Å²) >= 11 is 0. The third kappa shape index (κ3) is 39.9. The van der Waals surface area contributed by atoms with E-state index in [-0.39, 0.29) is 12.8 Å². The predicted octanol–water partition coefficient (Wildman–Crippen LogP) is 10.4. The molecule has 2 unspecified atom stereocenters. The average Bonchev–Trinajstić information content (AvgIpc) is 3.20. The van der Waals surface area contributed by atoms with E-state index in [1.165, 1.54) is 38.5 Å². The normalized spacial score (nSPS) is 15.2. The Bertz CT molecular complexity index is 1250. The standard InChI is InChI=1S/C46H77O11P/c1-3-5-7-9-11-13-15-17-18-19-20-22-24-26-28-30-32-36-45(50)54-40-44(41-56-58(52,53)55-39-43(49)38-47)57-46(51)37-33-35-42(48)34-31-29-27-25-23-21-16-14-12-10-8-6-4-2/h6,8,11-14,17-18,21,23,27,29,31,34,42-44,47-49H,3-5,7,9-10,15-16,19-20,22,24-26,28,30,32-33,35-41H2,1-2H3,(H,52,53)/b8-6-,13-11-,14-12-,18-17-,23-21-,29-27-,34-31+/t42?,43-,44+/m0/s1. The zero-order valence-corrected chi connectivity index (χ0v) is 36.5. The molecule has 0 aliphatic heterocycles. The van der Waals surface area contributed by atoms with Gasteiger partial charge in [-0.2, -0.15) is 0 Å². The highest BCUT2D eigenvalue weighted by Gasteiger charge is 2.27. The Hall–Kier alpha value is -2.89. The van der Waals surface area contributed by atoms with Crippen molar-refractivity contribution < 1.29 is 52.9 Å². The Morgan fingerprint density at radius 3 is 1.76 bits per heavy atom. The van der Waals surface area contributed by atoms with Crippen LogP contribution in [0, 0.1) is 0 Å². The van der Waals surface area contributed by atoms with E-state index in [0.29, 0.717) is 19.3 Å². The topological polar surface area (TPSA) is 169 Å². The number of unbranched alkanes of at least 4 members (excludes halogenated alkanes) is 10. The van der Waals surface area contributed by atoms with Gasteiger partial charge in [0.25, 0.3) is 0 Å². The van der Waals surface area contributed by atoms with Crippen LogP contribution in [0.4, 0.5) is 0 Å². The quantitative estimate of drug-likeness (QED) is 0.0153. The highest BCUT2D eigenvalue weighted by molar-refractivity contribution is 7.47. The fraction of sp³-hybridized carbons (Fsp3) is 0.652. The first-order valence-corrected chi connectivity index (χ1v) is 23.1. The molecule has 12 heteroatoms. The number of aliphatic hydroxyl groups is 3. The van der Waals surface area contributed by atoms with Crippen molar-refractivity contribution in [2.45, 2.75) is 167 Å². The lowest BCUT2D eigenvalue weighted by Gasteiger charge is -2.20. The minimum Gasteiger partial charge on any atom is -0.462 e. The van der Waals surface area contributed by atoms with E-state index in [2.05, 4.69) is 79.1 Å². The summed E-state index contributed by atoms with van der Waals surface area (Å²) in [7, 11) is -4.68. The molecule has 4 atom stereocenters. The zero-order chi connectivity index (χ0) is 42.8. The summed E-state index contributed by atoms with van der Waals surface area (Å²) in [6.07, 6.45) is 44.3. The van der Waals surface area contributed by atoms with Gasteiger partial charge < -0.3 is 29.7 Å². The molecule has 0 radical (unpaired) electrons. The molecule has 0 aromatic rings. The maximum atomic E-state index is 12.6. The van der Waals surface area contributed by atoms with Crippen molar-refractivity contribution in [2.75, 3.05) is 26.4 Å². The van der Waals surface area contributed by atoms with E-state index in [1.54, 1.807) is 12.2 Å². The first-order chi connectivity index (χ1) is 28.1. The SMILES string of the molecule is CC/C=C\C/C=C\C/C=C\C/C=C\C=C\C(O)CCCC(=O)O[C@H](COC(=O)CCCCCCCCC/C=C\C/C=C\CCCCC)COP(=O)(O)OC[C@@H](O)CO. The molecule has 0 bridgehead atoms. The molecular weight excluding hydrogens is 759 g/mol. The fourth-order valence-corrected chi connectivity index (χ4v) is 6.08. The largest absolute Gasteiger partial charge is 0.472 e. The van der Waals surface area contributed by atoms with Gasteiger partial charge in [-0.1, -0.05) is 144 Å². The maximum Gasteiger partial charge on any atom is 0.472 e. The molecule has 0 aromatic heterocycles. The van der Waals surface area contributed by atoms with Crippen LogP contribution in [0.15, 0.2) is 85.1 Å². The van der Waals surface area contributed by atoms with Crippen LogP contribution in [0.2, 0.25) is 0 Å². The Balaban J connectivity index is 4.52. The number of hydrogen-bond acceptors (Lipinski definition) is 10. The molecule has 0 spiro atoms. The van der Waals surface area contributed by atoms with Gasteiger partial charge in [-0.15, -0.1) is 0 Å². The van der Waals surface area contributed by atoms with Crippen LogP contribution in [-0.2, 0) is 32.7 Å². The van der Waals surface area contributed by atoms with E-state index >= 15 is 0 Å². The molecule has 4 N–H and O–H groups in total. The molecular formula is C46H77O11P. The van der Waals surface area contributed by atoms with Crippen molar-refractivity contribution in [3.8, 4) is 0 Å². The van der Waals surface area contributed by atoms with Crippen LogP contribution < -0.4 is 0 Å². The number of ether oxygens (including phenoxy) is 2. The van der Waals surface area contributed by atoms with Crippen LogP contribution in [0.25, 0.3) is 0 Å². The average molecular weight is 837 g/mol. The van der Waals surface area contributed by atoms with Gasteiger partial charge in [-0.05, 0) is 77.0 Å². The highest BCUT2D eigenvalue weighted by Crippen LogP contribution is 2.43. The summed E-state index contributed by atoms with van der Waals surface area (Å²) < 4.78 is 32.5. The Labute approximate surface area is 350 Å². The van der Waals surface area contributed by atoms with E-state index in [0.717, 1.165) is 64.2 Å². The van der Waals surface area contributed by atoms with E-state index in [4.69, 9.17) is 19.1 Å². The number of aliphatic hydroxyl groups excluding tert-OH is 3. The van der Waals surface area contributed by atoms with Crippen molar-refractivity contribution in [1.29, 1.82) is 0 Å². The first kappa shape index (κ1) is 55.1. The number of esters is 2. The van der Waals surface area contributed by atoms with Crippen LogP contribution >= 0.6 is 7.82 Å². The molecule has 0 saturated heterocycles. The van der Waals surface area contributed by atoms with Crippen molar-refractivity contribution in [3.63, 3.8) is 0 Å². The number of phosphoric ester groups is 1. The lowest BCUT2D eigenvalue weighted by Crippen LogP contribution is -2.30. The van der Waals surface area contributed by atoms with Gasteiger partial charge in [0.2, 0.25) is 0 Å². The molecule has 58 heavy (non-hydrogen) atoms. The number of hydrogen-bond donors (Lipinski definition) is 4. The minimum absolute atomic E-state index is 0.0527. The lowest BCUT2D eigenvalue weighted by atomic mass is 10.1. The highest BCUT2D eigenvalue weighted by atomic mass is 31.2. The van der Waals surface area contributed by atoms with Gasteiger partial charge in [0.1, 0.15) is 12.7 Å². The van der Waals surface area contributed by atoms with Gasteiger partial charge in [0, 0.05) is 12.8 Å². The van der Waals surface area contributed by atoms with Gasteiger partial charge in [0.05, 0.1) is 25.9 Å². The molecule has 0 saturated carbocycles. The molecule has 332 valence electrons. The van der Waals surface area contributed by atoms with E-state index in [1.807, 2.05) is 12.2 Å². The number of rotatable bonds is 39. The predicted molar refractivity (Wildman–Crippen MR) is 234 cm³/mol. The van der Waals surface area contributed by atoms with Gasteiger partial charge in [-0.25, -0.2) is 4.57 Å². The van der Waals surface area contributed by atoms with Gasteiger partial charge >= 0.3 is 19.8 Å². The Kier molecular flexibility index (Phi) is 38.8. The van der Waals surface area contributed by atoms with E-state index in [9.17, 15) is 29.3 Å². The first-order valence-electron chi connectivity index (χ1n) is 21.7. The second kappa shape index (κ2) is 40.9. The van der Waals surface area contributed by atoms with Crippen molar-refractivity contribution in [2.24, 2.45) is 0 Å². The smallest absolute Gasteiger partial charge is 0.462 e. The number of carbonyl (C=O) groups is 2. The summed E-state index contributed by atoms with van der Waals surface area (Å²) in [6.45, 7) is 1.99. The minimum atomic E-state index is -4.68. The number of carbonyl (C=O) groups excluding carboxylic acids is 2. The van der Waals surface area contributed by atoms with Crippen LogP contribution in [0.1, 0.15) is 149 Å². The summed E-state index contributed by atoms with van der Waals surface area (Å²) in [5.41, 5.74) is 0. The number of allylic oxidation sites excluding steroid dienone is 13. The second-order valence-electron chi connectivity index (χ2n) is 14.2. The zero-order valence-electron chi connectivity index (χ0n) is 35.6. The molecule has 11 nitrogen and oxygen atoms in total. The molecule has 0 amide bonds. The number of phosphoric acid groups is 1. The molecule has 0 aliphatic carbocycles. The third-order valence-corrected chi connectivity index (χ3v) is 9.59. The molecule has 0 heterocycles. The van der Waals surface area contributed by atoms with Crippen molar-refractivity contribution in [3.05, 3.63) is 85.1 Å². The monoisotopic (exact) mass is 837 g/mol. The Morgan fingerprint density at radius 2 is 1.14 bits per heavy atom. The van der Waals surface area contributed by atoms with Crippen LogP contribution in [0.5, 0.6) is 0 Å². The maximum absolute atomic E-state index is 12.6. The molecule has 0 rings (SSSR count). The molecule has 0 fully saturated rings. The van der Waals surface area contributed by atoms with Gasteiger partial charge in [-0.3, -0.25) is 18.6 Å². The summed E-state index contributed by atoms with van der Waals surface area (Å²) in [4.78, 5) is 35.0. The van der Waals surface area contributed by atoms with Crippen LogP contribution in [-0.4, -0.2) is 76.9 Å². The summed E-state index contributed by atoms with van der Waals surface area (Å²) in [6, 6.07) is 0. The molecule has 0 aromatic carbocycles.